The van der Waals surface area contributed by atoms with Crippen LogP contribution < -0.4 is 5.32 Å². The Kier molecular flexibility index (Phi) is 7.23. The topological polar surface area (TPSA) is 93.5 Å². The molecule has 2 heterocycles. The largest absolute Gasteiger partial charge is 0.442 e. The first kappa shape index (κ1) is 26.6. The highest BCUT2D eigenvalue weighted by Crippen LogP contribution is 2.44. The molecule has 1 aliphatic carbocycles. The molecule has 2 aromatic carbocycles. The summed E-state index contributed by atoms with van der Waals surface area (Å²) in [6.45, 7) is 5.96. The van der Waals surface area contributed by atoms with Crippen LogP contribution >= 0.6 is 22.6 Å². The molecule has 5 rings (SSSR count). The summed E-state index contributed by atoms with van der Waals surface area (Å²) in [6.07, 6.45) is 6.00. The van der Waals surface area contributed by atoms with E-state index in [1.807, 2.05) is 0 Å². The van der Waals surface area contributed by atoms with E-state index in [4.69, 9.17) is 4.74 Å². The SMILES string of the molecule is CC(C)(C)OC(=O)n1ncc2c(NC(=O)[C@H]3CCCN3C(=O)C3(c4ccc(I)cc4)CCCC3)cccc21. The number of nitrogens with one attached hydrogen (secondary N) is 1. The Bertz CT molecular complexity index is 1370. The number of benzene rings is 2. The fraction of sp³-hybridized carbons (Fsp3) is 0.448. The number of hydrogen-bond acceptors (Lipinski definition) is 5. The molecule has 1 aromatic heterocycles. The molecule has 200 valence electrons. The van der Waals surface area contributed by atoms with Gasteiger partial charge in [-0.25, -0.2) is 4.79 Å². The average Bonchev–Trinajstić information content (AvgIpc) is 3.63. The summed E-state index contributed by atoms with van der Waals surface area (Å²) in [7, 11) is 0. The zero-order valence-corrected chi connectivity index (χ0v) is 24.2. The van der Waals surface area contributed by atoms with Crippen molar-refractivity contribution in [2.75, 3.05) is 11.9 Å². The minimum absolute atomic E-state index is 0.0600. The molecule has 2 amide bonds. The number of hydrogen-bond donors (Lipinski definition) is 1. The molecule has 1 N–H and O–H groups in total. The lowest BCUT2D eigenvalue weighted by Gasteiger charge is -2.35. The molecule has 3 aromatic rings. The van der Waals surface area contributed by atoms with Gasteiger partial charge in [0, 0.05) is 15.5 Å². The van der Waals surface area contributed by atoms with Gasteiger partial charge in [-0.3, -0.25) is 9.59 Å². The maximum Gasteiger partial charge on any atom is 0.435 e. The molecular formula is C29H33IN4O4. The van der Waals surface area contributed by atoms with E-state index in [1.54, 1.807) is 50.1 Å². The second-order valence-electron chi connectivity index (χ2n) is 11.2. The number of anilines is 1. The summed E-state index contributed by atoms with van der Waals surface area (Å²) >= 11 is 2.28. The van der Waals surface area contributed by atoms with Crippen LogP contribution in [0.1, 0.15) is 64.9 Å². The van der Waals surface area contributed by atoms with E-state index < -0.39 is 23.2 Å². The number of likely N-dealkylation sites (tertiary alicyclic amines) is 1. The van der Waals surface area contributed by atoms with Crippen molar-refractivity contribution < 1.29 is 19.1 Å². The van der Waals surface area contributed by atoms with Crippen LogP contribution in [0.2, 0.25) is 0 Å². The summed E-state index contributed by atoms with van der Waals surface area (Å²) in [5, 5.41) is 7.87. The zero-order valence-electron chi connectivity index (χ0n) is 22.0. The number of nitrogens with zero attached hydrogens (tertiary/aromatic N) is 3. The molecular weight excluding hydrogens is 595 g/mol. The maximum atomic E-state index is 14.1. The van der Waals surface area contributed by atoms with E-state index in [0.717, 1.165) is 41.2 Å². The smallest absolute Gasteiger partial charge is 0.435 e. The Morgan fingerprint density at radius 3 is 2.45 bits per heavy atom. The van der Waals surface area contributed by atoms with Crippen LogP contribution in [0.5, 0.6) is 0 Å². The number of amides is 2. The van der Waals surface area contributed by atoms with Gasteiger partial charge in [0.1, 0.15) is 11.6 Å². The van der Waals surface area contributed by atoms with Crippen molar-refractivity contribution in [2.24, 2.45) is 0 Å². The third-order valence-corrected chi connectivity index (χ3v) is 8.24. The van der Waals surface area contributed by atoms with Gasteiger partial charge in [0.15, 0.2) is 0 Å². The van der Waals surface area contributed by atoms with Crippen LogP contribution in [-0.4, -0.2) is 50.8 Å². The minimum Gasteiger partial charge on any atom is -0.442 e. The molecule has 1 atom stereocenters. The molecule has 1 saturated heterocycles. The van der Waals surface area contributed by atoms with Crippen LogP contribution in [0.4, 0.5) is 10.5 Å². The normalized spacial score (nSPS) is 19.1. The predicted molar refractivity (Wildman–Crippen MR) is 154 cm³/mol. The summed E-state index contributed by atoms with van der Waals surface area (Å²) in [5.74, 6) is -0.158. The van der Waals surface area contributed by atoms with Gasteiger partial charge >= 0.3 is 6.09 Å². The van der Waals surface area contributed by atoms with Gasteiger partial charge < -0.3 is 15.0 Å². The molecule has 1 aliphatic heterocycles. The molecule has 1 saturated carbocycles. The van der Waals surface area contributed by atoms with E-state index >= 15 is 0 Å². The van der Waals surface area contributed by atoms with Gasteiger partial charge in [0.25, 0.3) is 0 Å². The van der Waals surface area contributed by atoms with Gasteiger partial charge in [-0.1, -0.05) is 31.0 Å². The van der Waals surface area contributed by atoms with Crippen LogP contribution in [0.3, 0.4) is 0 Å². The fourth-order valence-electron chi connectivity index (χ4n) is 5.76. The number of rotatable bonds is 4. The quantitative estimate of drug-likeness (QED) is 0.365. The standard InChI is InChI=1S/C29H33IN4O4/c1-28(2,3)38-27(37)34-23-9-6-8-22(21(23)18-31-34)32-25(35)24-10-7-17-33(24)26(36)29(15-4-5-16-29)19-11-13-20(30)14-12-19/h6,8-9,11-14,18,24H,4-5,7,10,15-17H2,1-3H3,(H,32,35)/t24-/m1/s1. The first-order valence-electron chi connectivity index (χ1n) is 13.2. The van der Waals surface area contributed by atoms with Crippen LogP contribution in [0.15, 0.2) is 48.7 Å². The highest BCUT2D eigenvalue weighted by Gasteiger charge is 2.48. The Morgan fingerprint density at radius 1 is 1.05 bits per heavy atom. The van der Waals surface area contributed by atoms with Crippen LogP contribution in [0, 0.1) is 3.57 Å². The number of halogens is 1. The van der Waals surface area contributed by atoms with Crippen molar-refractivity contribution in [1.82, 2.24) is 14.7 Å². The number of carbonyl (C=O) groups excluding carboxylic acids is 3. The predicted octanol–water partition coefficient (Wildman–Crippen LogP) is 5.87. The summed E-state index contributed by atoms with van der Waals surface area (Å²) in [4.78, 5) is 42.1. The van der Waals surface area contributed by atoms with Gasteiger partial charge in [-0.2, -0.15) is 9.78 Å². The van der Waals surface area contributed by atoms with E-state index in [9.17, 15) is 14.4 Å². The second-order valence-corrected chi connectivity index (χ2v) is 12.5. The summed E-state index contributed by atoms with van der Waals surface area (Å²) in [6, 6.07) is 13.0. The molecule has 2 fully saturated rings. The Labute approximate surface area is 236 Å². The minimum atomic E-state index is -0.658. The van der Waals surface area contributed by atoms with Crippen LogP contribution in [0.25, 0.3) is 10.9 Å². The fourth-order valence-corrected chi connectivity index (χ4v) is 6.12. The third-order valence-electron chi connectivity index (χ3n) is 7.52. The number of carbonyl (C=O) groups is 3. The van der Waals surface area contributed by atoms with Crippen molar-refractivity contribution in [3.8, 4) is 0 Å². The van der Waals surface area contributed by atoms with Crippen molar-refractivity contribution in [2.45, 2.75) is 76.4 Å². The summed E-state index contributed by atoms with van der Waals surface area (Å²) in [5.41, 5.74) is 0.914. The average molecular weight is 629 g/mol. The highest BCUT2D eigenvalue weighted by atomic mass is 127. The highest BCUT2D eigenvalue weighted by molar-refractivity contribution is 14.1. The van der Waals surface area contributed by atoms with Gasteiger partial charge in [-0.15, -0.1) is 0 Å². The molecule has 0 unspecified atom stereocenters. The maximum absolute atomic E-state index is 14.1. The van der Waals surface area contributed by atoms with Crippen molar-refractivity contribution >= 4 is 57.1 Å². The lowest BCUT2D eigenvalue weighted by Crippen LogP contribution is -2.51. The first-order chi connectivity index (χ1) is 18.1. The molecule has 0 bridgehead atoms. The van der Waals surface area contributed by atoms with E-state index in [2.05, 4.69) is 57.3 Å². The van der Waals surface area contributed by atoms with Crippen LogP contribution in [-0.2, 0) is 19.7 Å². The number of aromatic nitrogens is 2. The monoisotopic (exact) mass is 628 g/mol. The molecule has 8 nitrogen and oxygen atoms in total. The third kappa shape index (κ3) is 5.04. The molecule has 2 aliphatic rings. The second kappa shape index (κ2) is 10.3. The number of fused-ring (bicyclic) bond motifs is 1. The van der Waals surface area contributed by atoms with E-state index in [1.165, 1.54) is 4.68 Å². The molecule has 0 radical (unpaired) electrons. The van der Waals surface area contributed by atoms with Gasteiger partial charge in [-0.05, 0) is 98.9 Å². The van der Waals surface area contributed by atoms with Gasteiger partial charge in [0.05, 0.1) is 22.8 Å². The Balaban J connectivity index is 1.38. The number of ether oxygens (including phenoxy) is 1. The lowest BCUT2D eigenvalue weighted by atomic mass is 9.77. The first-order valence-corrected chi connectivity index (χ1v) is 14.2. The van der Waals surface area contributed by atoms with E-state index in [-0.39, 0.29) is 11.8 Å². The van der Waals surface area contributed by atoms with Crippen molar-refractivity contribution in [3.63, 3.8) is 0 Å². The van der Waals surface area contributed by atoms with Gasteiger partial charge in [0.2, 0.25) is 11.8 Å². The van der Waals surface area contributed by atoms with Crippen molar-refractivity contribution in [3.05, 3.63) is 57.8 Å². The Hall–Kier alpha value is -2.95. The summed E-state index contributed by atoms with van der Waals surface area (Å²) < 4.78 is 7.80. The molecule has 38 heavy (non-hydrogen) atoms. The zero-order chi connectivity index (χ0) is 27.1. The molecule has 0 spiro atoms. The Morgan fingerprint density at radius 2 is 1.76 bits per heavy atom. The molecule has 9 heteroatoms. The van der Waals surface area contributed by atoms with E-state index in [0.29, 0.717) is 29.6 Å². The lowest BCUT2D eigenvalue weighted by molar-refractivity contribution is -0.141. The van der Waals surface area contributed by atoms with Crippen molar-refractivity contribution in [1.29, 1.82) is 0 Å².